The van der Waals surface area contributed by atoms with Crippen molar-refractivity contribution in [2.24, 2.45) is 0 Å². The van der Waals surface area contributed by atoms with Gasteiger partial charge in [0.15, 0.2) is 5.65 Å². The summed E-state index contributed by atoms with van der Waals surface area (Å²) in [4.78, 5) is 4.12. The lowest BCUT2D eigenvalue weighted by Gasteiger charge is -2.05. The highest BCUT2D eigenvalue weighted by Crippen LogP contribution is 2.12. The average Bonchev–Trinajstić information content (AvgIpc) is 2.49. The average molecular weight is 162 g/mol. The van der Waals surface area contributed by atoms with E-state index < -0.39 is 0 Å². The summed E-state index contributed by atoms with van der Waals surface area (Å²) in [6.45, 7) is 4.24. The maximum absolute atomic E-state index is 4.12. The summed E-state index contributed by atoms with van der Waals surface area (Å²) < 4.78 is 1.77. The number of hydrogen-bond donors (Lipinski definition) is 0. The van der Waals surface area contributed by atoms with E-state index in [-0.39, 0.29) is 0 Å². The lowest BCUT2D eigenvalue weighted by Crippen LogP contribution is -2.01. The maximum Gasteiger partial charge on any atom is 0.175 e. The fourth-order valence-corrected chi connectivity index (χ4v) is 1.20. The van der Waals surface area contributed by atoms with Crippen LogP contribution >= 0.6 is 0 Å². The summed E-state index contributed by atoms with van der Waals surface area (Å²) in [6, 6.07) is 1.96. The third-order valence-electron chi connectivity index (χ3n) is 1.82. The minimum Gasteiger partial charge on any atom is -0.236 e. The molecule has 0 aliphatic rings. The lowest BCUT2D eigenvalue weighted by atomic mass is 10.1. The Hall–Kier alpha value is -1.45. The standard InChI is InChI=1S/C8H10N4/c1-6(2)7-3-4-9-8-5-10-11-12(7)8/h3-6H,1-2H3. The van der Waals surface area contributed by atoms with Crippen LogP contribution in [0.15, 0.2) is 18.5 Å². The molecule has 0 amide bonds. The molecule has 4 nitrogen and oxygen atoms in total. The monoisotopic (exact) mass is 162 g/mol. The highest BCUT2D eigenvalue weighted by atomic mass is 15.4. The molecule has 0 aliphatic heterocycles. The molecule has 2 aromatic heterocycles. The van der Waals surface area contributed by atoms with Gasteiger partial charge in [0.1, 0.15) is 0 Å². The van der Waals surface area contributed by atoms with Crippen molar-refractivity contribution >= 4 is 5.65 Å². The zero-order chi connectivity index (χ0) is 8.55. The van der Waals surface area contributed by atoms with Crippen molar-refractivity contribution in [2.75, 3.05) is 0 Å². The predicted molar refractivity (Wildman–Crippen MR) is 44.9 cm³/mol. The van der Waals surface area contributed by atoms with Gasteiger partial charge in [-0.1, -0.05) is 19.1 Å². The topological polar surface area (TPSA) is 43.1 Å². The number of rotatable bonds is 1. The van der Waals surface area contributed by atoms with Crippen LogP contribution in [0.4, 0.5) is 0 Å². The Morgan fingerprint density at radius 1 is 1.42 bits per heavy atom. The molecule has 12 heavy (non-hydrogen) atoms. The summed E-state index contributed by atoms with van der Waals surface area (Å²) in [6.07, 6.45) is 3.44. The van der Waals surface area contributed by atoms with Crippen molar-refractivity contribution in [1.29, 1.82) is 0 Å². The summed E-state index contributed by atoms with van der Waals surface area (Å²) >= 11 is 0. The summed E-state index contributed by atoms with van der Waals surface area (Å²) in [7, 11) is 0. The first-order valence-electron chi connectivity index (χ1n) is 3.94. The molecule has 0 unspecified atom stereocenters. The van der Waals surface area contributed by atoms with Crippen LogP contribution in [0.25, 0.3) is 5.65 Å². The molecule has 0 radical (unpaired) electrons. The molecule has 0 aliphatic carbocycles. The van der Waals surface area contributed by atoms with E-state index in [1.807, 2.05) is 6.07 Å². The van der Waals surface area contributed by atoms with Crippen LogP contribution in [0.2, 0.25) is 0 Å². The van der Waals surface area contributed by atoms with Crippen molar-refractivity contribution in [3.63, 3.8) is 0 Å². The van der Waals surface area contributed by atoms with Crippen LogP contribution in [0, 0.1) is 0 Å². The van der Waals surface area contributed by atoms with Gasteiger partial charge in [0.05, 0.1) is 11.9 Å². The van der Waals surface area contributed by atoms with Crippen LogP contribution < -0.4 is 0 Å². The van der Waals surface area contributed by atoms with Gasteiger partial charge in [0.25, 0.3) is 0 Å². The fourth-order valence-electron chi connectivity index (χ4n) is 1.20. The van der Waals surface area contributed by atoms with Crippen molar-refractivity contribution in [1.82, 2.24) is 19.8 Å². The van der Waals surface area contributed by atoms with E-state index in [1.54, 1.807) is 16.9 Å². The molecule has 0 saturated heterocycles. The van der Waals surface area contributed by atoms with Gasteiger partial charge >= 0.3 is 0 Å². The molecule has 2 rings (SSSR count). The summed E-state index contributed by atoms with van der Waals surface area (Å²) in [5.41, 5.74) is 1.94. The predicted octanol–water partition coefficient (Wildman–Crippen LogP) is 1.25. The molecule has 0 bridgehead atoms. The Morgan fingerprint density at radius 3 is 3.00 bits per heavy atom. The molecular formula is C8H10N4. The summed E-state index contributed by atoms with van der Waals surface area (Å²) in [5, 5.41) is 7.74. The van der Waals surface area contributed by atoms with Crippen molar-refractivity contribution in [2.45, 2.75) is 19.8 Å². The molecule has 0 atom stereocenters. The van der Waals surface area contributed by atoms with E-state index in [4.69, 9.17) is 0 Å². The molecule has 0 fully saturated rings. The molecule has 62 valence electrons. The highest BCUT2D eigenvalue weighted by molar-refractivity contribution is 5.34. The minimum atomic E-state index is 0.442. The molecule has 2 heterocycles. The van der Waals surface area contributed by atoms with Crippen LogP contribution in [0.3, 0.4) is 0 Å². The Balaban J connectivity index is 2.73. The van der Waals surface area contributed by atoms with Gasteiger partial charge in [-0.05, 0) is 12.0 Å². The first-order valence-corrected chi connectivity index (χ1v) is 3.94. The SMILES string of the molecule is CC(C)c1ccnc2cnnn12. The highest BCUT2D eigenvalue weighted by Gasteiger charge is 2.05. The largest absolute Gasteiger partial charge is 0.236 e. The third kappa shape index (κ3) is 0.958. The molecule has 0 aromatic carbocycles. The van der Waals surface area contributed by atoms with Crippen molar-refractivity contribution in [3.05, 3.63) is 24.2 Å². The second-order valence-electron chi connectivity index (χ2n) is 3.03. The van der Waals surface area contributed by atoms with E-state index in [9.17, 15) is 0 Å². The summed E-state index contributed by atoms with van der Waals surface area (Å²) in [5.74, 6) is 0.442. The maximum atomic E-state index is 4.12. The second kappa shape index (κ2) is 2.55. The van der Waals surface area contributed by atoms with E-state index >= 15 is 0 Å². The first-order chi connectivity index (χ1) is 5.79. The molecule has 0 spiro atoms. The quantitative estimate of drug-likeness (QED) is 0.633. The Bertz CT molecular complexity index is 391. The van der Waals surface area contributed by atoms with E-state index in [0.717, 1.165) is 11.3 Å². The molecule has 2 aromatic rings. The van der Waals surface area contributed by atoms with Gasteiger partial charge in [-0.2, -0.15) is 4.52 Å². The van der Waals surface area contributed by atoms with Gasteiger partial charge in [0.2, 0.25) is 0 Å². The minimum absolute atomic E-state index is 0.442. The number of hydrogen-bond acceptors (Lipinski definition) is 3. The van der Waals surface area contributed by atoms with Gasteiger partial charge in [-0.25, -0.2) is 4.98 Å². The first kappa shape index (κ1) is 7.21. The van der Waals surface area contributed by atoms with Crippen LogP contribution in [-0.2, 0) is 0 Å². The number of fused-ring (bicyclic) bond motifs is 1. The molecular weight excluding hydrogens is 152 g/mol. The van der Waals surface area contributed by atoms with Gasteiger partial charge in [-0.15, -0.1) is 5.10 Å². The van der Waals surface area contributed by atoms with Crippen molar-refractivity contribution < 1.29 is 0 Å². The Morgan fingerprint density at radius 2 is 2.25 bits per heavy atom. The van der Waals surface area contributed by atoms with E-state index in [0.29, 0.717) is 5.92 Å². The third-order valence-corrected chi connectivity index (χ3v) is 1.82. The smallest absolute Gasteiger partial charge is 0.175 e. The zero-order valence-electron chi connectivity index (χ0n) is 7.10. The second-order valence-corrected chi connectivity index (χ2v) is 3.03. The molecule has 4 heteroatoms. The van der Waals surface area contributed by atoms with Gasteiger partial charge in [-0.3, -0.25) is 0 Å². The molecule has 0 N–H and O–H groups in total. The lowest BCUT2D eigenvalue weighted by molar-refractivity contribution is 0.723. The number of aromatic nitrogens is 4. The zero-order valence-corrected chi connectivity index (χ0v) is 7.10. The normalized spacial score (nSPS) is 11.2. The van der Waals surface area contributed by atoms with Crippen LogP contribution in [0.1, 0.15) is 25.5 Å². The van der Waals surface area contributed by atoms with Crippen LogP contribution in [-0.4, -0.2) is 19.8 Å². The Labute approximate surface area is 70.2 Å². The Kier molecular flexibility index (Phi) is 1.53. The van der Waals surface area contributed by atoms with Crippen molar-refractivity contribution in [3.8, 4) is 0 Å². The van der Waals surface area contributed by atoms with E-state index in [2.05, 4.69) is 29.1 Å². The van der Waals surface area contributed by atoms with E-state index in [1.165, 1.54) is 0 Å². The molecule has 0 saturated carbocycles. The van der Waals surface area contributed by atoms with Gasteiger partial charge in [0, 0.05) is 6.20 Å². The number of nitrogens with zero attached hydrogens (tertiary/aromatic N) is 4. The fraction of sp³-hybridized carbons (Fsp3) is 0.375. The van der Waals surface area contributed by atoms with Gasteiger partial charge < -0.3 is 0 Å². The van der Waals surface area contributed by atoms with Crippen LogP contribution in [0.5, 0.6) is 0 Å².